The molecule has 0 aliphatic heterocycles. The highest BCUT2D eigenvalue weighted by atomic mass is 14.2. The summed E-state index contributed by atoms with van der Waals surface area (Å²) < 4.78 is 0. The number of rotatable bonds is 0. The molecule has 0 unspecified atom stereocenters. The number of hydrogen-bond donors (Lipinski definition) is 0. The summed E-state index contributed by atoms with van der Waals surface area (Å²) in [4.78, 5) is 0. The van der Waals surface area contributed by atoms with Gasteiger partial charge in [-0.3, -0.25) is 0 Å². The number of hydrogen-bond acceptors (Lipinski definition) is 1. The lowest BCUT2D eigenvalue weighted by Crippen LogP contribution is -1.62. The molecule has 0 aromatic heterocycles. The van der Waals surface area contributed by atoms with Crippen molar-refractivity contribution in [1.29, 1.82) is 5.26 Å². The van der Waals surface area contributed by atoms with Gasteiger partial charge in [0, 0.05) is 5.57 Å². The van der Waals surface area contributed by atoms with Crippen molar-refractivity contribution in [3.8, 4) is 6.07 Å². The van der Waals surface area contributed by atoms with Crippen molar-refractivity contribution in [2.45, 2.75) is 6.92 Å². The summed E-state index contributed by atoms with van der Waals surface area (Å²) in [6.45, 7) is 1.65. The molecule has 2 radical (unpaired) electrons. The fourth-order valence-corrected chi connectivity index (χ4v) is 0.0373. The summed E-state index contributed by atoms with van der Waals surface area (Å²) >= 11 is 0. The van der Waals surface area contributed by atoms with Gasteiger partial charge < -0.3 is 0 Å². The lowest BCUT2D eigenvalue weighted by Gasteiger charge is -1.70. The van der Waals surface area contributed by atoms with Crippen molar-refractivity contribution in [2.75, 3.05) is 0 Å². The van der Waals surface area contributed by atoms with Crippen LogP contribution in [-0.2, 0) is 0 Å². The van der Waals surface area contributed by atoms with Crippen LogP contribution in [0, 0.1) is 11.3 Å². The number of nitriles is 1. The molecule has 6 heavy (non-hydrogen) atoms. The molecule has 0 fully saturated rings. The zero-order valence-electron chi connectivity index (χ0n) is 3.60. The van der Waals surface area contributed by atoms with Gasteiger partial charge in [0.05, 0.1) is 6.07 Å². The second-order valence-electron chi connectivity index (χ2n) is 0.961. The quantitative estimate of drug-likeness (QED) is 0.306. The summed E-state index contributed by atoms with van der Waals surface area (Å²) in [5.74, 6) is 1.28. The minimum absolute atomic E-state index is 0.551. The first-order chi connectivity index (χ1) is 2.81. The average Bonchev–Trinajstić information content (AvgIpc) is 1.65. The second-order valence-corrected chi connectivity index (χ2v) is 0.961. The first-order valence-corrected chi connectivity index (χ1v) is 1.60. The Kier molecular flexibility index (Phi) is 2.23. The van der Waals surface area contributed by atoms with Crippen molar-refractivity contribution >= 4 is 7.85 Å². The molecule has 0 heterocycles. The van der Waals surface area contributed by atoms with Gasteiger partial charge in [-0.15, -0.1) is 5.98 Å². The Morgan fingerprint density at radius 2 is 2.50 bits per heavy atom. The van der Waals surface area contributed by atoms with Crippen molar-refractivity contribution < 1.29 is 0 Å². The lowest BCUT2D eigenvalue weighted by atomic mass is 10.1. The second kappa shape index (κ2) is 2.53. The highest BCUT2D eigenvalue weighted by molar-refractivity contribution is 6.17. The lowest BCUT2D eigenvalue weighted by molar-refractivity contribution is 1.45. The molecular formula is C4H4BN. The molecule has 0 rings (SSSR count). The minimum atomic E-state index is 0.551. The average molecular weight is 76.9 g/mol. The molecule has 0 aliphatic rings. The van der Waals surface area contributed by atoms with Crippen molar-refractivity contribution in [3.05, 3.63) is 11.5 Å². The molecule has 0 aromatic rings. The standard InChI is InChI=1S/C4H4BN/c1-4(2-5)3-6/h2H,1H3/b4-2+. The van der Waals surface area contributed by atoms with Gasteiger partial charge in [0.25, 0.3) is 0 Å². The topological polar surface area (TPSA) is 23.8 Å². The maximum Gasteiger partial charge on any atom is 0.104 e. The van der Waals surface area contributed by atoms with Gasteiger partial charge >= 0.3 is 0 Å². The van der Waals surface area contributed by atoms with E-state index < -0.39 is 0 Å². The van der Waals surface area contributed by atoms with Crippen LogP contribution in [0.5, 0.6) is 0 Å². The van der Waals surface area contributed by atoms with E-state index in [9.17, 15) is 0 Å². The van der Waals surface area contributed by atoms with E-state index in [1.54, 1.807) is 6.92 Å². The molecular weight excluding hydrogens is 72.9 g/mol. The van der Waals surface area contributed by atoms with Crippen LogP contribution in [0.2, 0.25) is 0 Å². The monoisotopic (exact) mass is 77.0 g/mol. The van der Waals surface area contributed by atoms with Crippen LogP contribution >= 0.6 is 0 Å². The molecule has 0 spiro atoms. The van der Waals surface area contributed by atoms with E-state index in [0.29, 0.717) is 5.57 Å². The Morgan fingerprint density at radius 3 is 2.50 bits per heavy atom. The smallest absolute Gasteiger partial charge is 0.104 e. The zero-order chi connectivity index (χ0) is 4.99. The Hall–Kier alpha value is -0.705. The van der Waals surface area contributed by atoms with Gasteiger partial charge in [-0.2, -0.15) is 5.26 Å². The maximum atomic E-state index is 7.94. The van der Waals surface area contributed by atoms with Crippen molar-refractivity contribution in [1.82, 2.24) is 0 Å². The number of nitrogens with zero attached hydrogens (tertiary/aromatic N) is 1. The number of allylic oxidation sites excluding steroid dienone is 1. The molecule has 0 atom stereocenters. The third-order valence-electron chi connectivity index (χ3n) is 0.426. The van der Waals surface area contributed by atoms with Gasteiger partial charge in [-0.05, 0) is 6.92 Å². The summed E-state index contributed by atoms with van der Waals surface area (Å²) in [7, 11) is 4.90. The predicted molar refractivity (Wildman–Crippen MR) is 25.1 cm³/mol. The molecule has 0 bridgehead atoms. The molecule has 0 saturated heterocycles. The SMILES string of the molecule is [B]/C=C(\C)C#N. The summed E-state index contributed by atoms with van der Waals surface area (Å²) in [6.07, 6.45) is 0. The molecule has 28 valence electrons. The molecule has 2 heteroatoms. The van der Waals surface area contributed by atoms with Crippen LogP contribution < -0.4 is 0 Å². The van der Waals surface area contributed by atoms with Crippen LogP contribution in [0.4, 0.5) is 0 Å². The Balaban J connectivity index is 3.61. The van der Waals surface area contributed by atoms with E-state index in [1.807, 2.05) is 6.07 Å². The van der Waals surface area contributed by atoms with E-state index in [2.05, 4.69) is 0 Å². The largest absolute Gasteiger partial charge is 0.193 e. The first kappa shape index (κ1) is 5.29. The maximum absolute atomic E-state index is 7.94. The van der Waals surface area contributed by atoms with E-state index in [4.69, 9.17) is 13.1 Å². The molecule has 0 amide bonds. The van der Waals surface area contributed by atoms with Crippen LogP contribution in [0.25, 0.3) is 0 Å². The van der Waals surface area contributed by atoms with Gasteiger partial charge in [0.1, 0.15) is 7.85 Å². The molecule has 1 nitrogen and oxygen atoms in total. The Bertz CT molecular complexity index is 98.6. The van der Waals surface area contributed by atoms with E-state index >= 15 is 0 Å². The minimum Gasteiger partial charge on any atom is -0.193 e. The Labute approximate surface area is 38.7 Å². The zero-order valence-corrected chi connectivity index (χ0v) is 3.60. The summed E-state index contributed by atoms with van der Waals surface area (Å²) in [5.41, 5.74) is 0.551. The fourth-order valence-electron chi connectivity index (χ4n) is 0.0373. The van der Waals surface area contributed by atoms with Crippen molar-refractivity contribution in [2.24, 2.45) is 0 Å². The van der Waals surface area contributed by atoms with Crippen LogP contribution in [0.15, 0.2) is 11.5 Å². The highest BCUT2D eigenvalue weighted by Crippen LogP contribution is 1.80. The molecule has 0 aliphatic carbocycles. The van der Waals surface area contributed by atoms with Gasteiger partial charge in [-0.1, -0.05) is 0 Å². The van der Waals surface area contributed by atoms with Crippen LogP contribution in [-0.4, -0.2) is 7.85 Å². The summed E-state index contributed by atoms with van der Waals surface area (Å²) in [6, 6.07) is 1.85. The van der Waals surface area contributed by atoms with Gasteiger partial charge in [0.15, 0.2) is 0 Å². The molecule has 0 aromatic carbocycles. The van der Waals surface area contributed by atoms with E-state index in [1.165, 1.54) is 5.98 Å². The van der Waals surface area contributed by atoms with Crippen molar-refractivity contribution in [3.63, 3.8) is 0 Å². The normalized spacial score (nSPS) is 10.3. The van der Waals surface area contributed by atoms with E-state index in [0.717, 1.165) is 0 Å². The third-order valence-corrected chi connectivity index (χ3v) is 0.426. The summed E-state index contributed by atoms with van der Waals surface area (Å²) in [5, 5.41) is 7.94. The van der Waals surface area contributed by atoms with Crippen LogP contribution in [0.3, 0.4) is 0 Å². The molecule has 0 N–H and O–H groups in total. The van der Waals surface area contributed by atoms with Crippen LogP contribution in [0.1, 0.15) is 6.92 Å². The first-order valence-electron chi connectivity index (χ1n) is 1.60. The fraction of sp³-hybridized carbons (Fsp3) is 0.250. The third kappa shape index (κ3) is 1.60. The Morgan fingerprint density at radius 1 is 2.00 bits per heavy atom. The highest BCUT2D eigenvalue weighted by Gasteiger charge is 1.71. The van der Waals surface area contributed by atoms with Gasteiger partial charge in [-0.25, -0.2) is 0 Å². The van der Waals surface area contributed by atoms with Gasteiger partial charge in [0.2, 0.25) is 0 Å². The molecule has 0 saturated carbocycles. The van der Waals surface area contributed by atoms with E-state index in [-0.39, 0.29) is 0 Å². The predicted octanol–water partition coefficient (Wildman–Crippen LogP) is 0.582.